The van der Waals surface area contributed by atoms with Crippen molar-refractivity contribution in [1.29, 1.82) is 0 Å². The first-order valence-corrected chi connectivity index (χ1v) is 10.7. The van der Waals surface area contributed by atoms with Crippen LogP contribution in [0.4, 0.5) is 23.0 Å². The maximum atomic E-state index is 12.8. The lowest BCUT2D eigenvalue weighted by Crippen LogP contribution is -2.32. The lowest BCUT2D eigenvalue weighted by atomic mass is 10.0. The molecule has 1 aromatic heterocycles. The first kappa shape index (κ1) is 24.7. The van der Waals surface area contributed by atoms with Crippen LogP contribution in [-0.2, 0) is 0 Å². The Morgan fingerprint density at radius 2 is 1.46 bits per heavy atom. The highest BCUT2D eigenvalue weighted by Crippen LogP contribution is 2.28. The Labute approximate surface area is 211 Å². The van der Waals surface area contributed by atoms with E-state index in [2.05, 4.69) is 31.7 Å². The Morgan fingerprint density at radius 3 is 2.14 bits per heavy atom. The summed E-state index contributed by atoms with van der Waals surface area (Å²) in [5.41, 5.74) is 8.24. The Balaban J connectivity index is 1.51. The molecule has 2 amide bonds. The maximum Gasteiger partial charge on any atom is 0.356 e. The molecule has 3 aromatic carbocycles. The summed E-state index contributed by atoms with van der Waals surface area (Å²) in [4.78, 5) is 53.9. The first-order valence-electron chi connectivity index (χ1n) is 10.3. The molecule has 4 aromatic rings. The van der Waals surface area contributed by atoms with Crippen molar-refractivity contribution < 1.29 is 19.4 Å². The van der Waals surface area contributed by atoms with Crippen molar-refractivity contribution >= 4 is 57.2 Å². The predicted molar refractivity (Wildman–Crippen MR) is 133 cm³/mol. The van der Waals surface area contributed by atoms with E-state index in [9.17, 15) is 29.8 Å². The SMILES string of the molecule is O=C(NNc1ncnc(NNC(=O)c2cccc3ccccc23)c1[N+](=O)[O-])c1ccc(Cl)c([N+](=O)[O-])c1. The number of nitro groups is 2. The molecule has 0 aliphatic heterocycles. The summed E-state index contributed by atoms with van der Waals surface area (Å²) >= 11 is 5.74. The van der Waals surface area contributed by atoms with E-state index in [1.165, 1.54) is 12.1 Å². The van der Waals surface area contributed by atoms with Gasteiger partial charge in [0.25, 0.3) is 17.5 Å². The van der Waals surface area contributed by atoms with E-state index in [1.54, 1.807) is 24.3 Å². The number of hydrogen-bond donors (Lipinski definition) is 4. The number of hydrazine groups is 2. The van der Waals surface area contributed by atoms with Crippen LogP contribution < -0.4 is 21.7 Å². The van der Waals surface area contributed by atoms with E-state index in [0.717, 1.165) is 17.8 Å². The molecule has 0 saturated carbocycles. The summed E-state index contributed by atoms with van der Waals surface area (Å²) in [5, 5.41) is 24.1. The molecule has 0 unspecified atom stereocenters. The van der Waals surface area contributed by atoms with Gasteiger partial charge in [-0.1, -0.05) is 48.0 Å². The highest BCUT2D eigenvalue weighted by molar-refractivity contribution is 6.32. The van der Waals surface area contributed by atoms with E-state index < -0.39 is 38.9 Å². The van der Waals surface area contributed by atoms with Gasteiger partial charge in [-0.3, -0.25) is 51.5 Å². The smallest absolute Gasteiger partial charge is 0.276 e. The van der Waals surface area contributed by atoms with Gasteiger partial charge in [0.1, 0.15) is 11.3 Å². The summed E-state index contributed by atoms with van der Waals surface area (Å²) in [5.74, 6) is -2.21. The number of nitrogens with one attached hydrogen (secondary N) is 4. The normalized spacial score (nSPS) is 10.4. The second kappa shape index (κ2) is 10.5. The first-order chi connectivity index (χ1) is 17.8. The van der Waals surface area contributed by atoms with E-state index in [1.807, 2.05) is 18.2 Å². The average Bonchev–Trinajstić information content (AvgIpc) is 2.89. The van der Waals surface area contributed by atoms with Crippen molar-refractivity contribution in [2.24, 2.45) is 0 Å². The van der Waals surface area contributed by atoms with Gasteiger partial charge in [-0.25, -0.2) is 9.97 Å². The molecular weight excluding hydrogens is 508 g/mol. The van der Waals surface area contributed by atoms with Crippen LogP contribution in [0.3, 0.4) is 0 Å². The van der Waals surface area contributed by atoms with Gasteiger partial charge in [0, 0.05) is 17.2 Å². The molecule has 0 bridgehead atoms. The van der Waals surface area contributed by atoms with Crippen LogP contribution in [-0.4, -0.2) is 31.6 Å². The number of carbonyl (C=O) groups excluding carboxylic acids is 2. The Hall–Kier alpha value is -5.37. The molecule has 0 saturated heterocycles. The zero-order valence-electron chi connectivity index (χ0n) is 18.5. The molecular formula is C22H15ClN8O6. The summed E-state index contributed by atoms with van der Waals surface area (Å²) in [6, 6.07) is 15.7. The van der Waals surface area contributed by atoms with Gasteiger partial charge in [0.05, 0.1) is 9.85 Å². The van der Waals surface area contributed by atoms with Crippen molar-refractivity contribution in [2.45, 2.75) is 0 Å². The van der Waals surface area contributed by atoms with Crippen molar-refractivity contribution in [3.8, 4) is 0 Å². The Bertz CT molecular complexity index is 1560. The fourth-order valence-electron chi connectivity index (χ4n) is 3.32. The number of carbonyl (C=O) groups is 2. The maximum absolute atomic E-state index is 12.8. The lowest BCUT2D eigenvalue weighted by Gasteiger charge is -2.12. The molecule has 4 N–H and O–H groups in total. The van der Waals surface area contributed by atoms with Crippen LogP contribution in [0.15, 0.2) is 67.0 Å². The van der Waals surface area contributed by atoms with Crippen molar-refractivity contribution in [3.63, 3.8) is 0 Å². The molecule has 0 aliphatic rings. The molecule has 1 heterocycles. The molecule has 0 aliphatic carbocycles. The van der Waals surface area contributed by atoms with Crippen molar-refractivity contribution in [2.75, 3.05) is 10.9 Å². The summed E-state index contributed by atoms with van der Waals surface area (Å²) in [6.45, 7) is 0. The highest BCUT2D eigenvalue weighted by atomic mass is 35.5. The zero-order valence-corrected chi connectivity index (χ0v) is 19.2. The Morgan fingerprint density at radius 1 is 0.811 bits per heavy atom. The van der Waals surface area contributed by atoms with Crippen LogP contribution in [0.5, 0.6) is 0 Å². The van der Waals surface area contributed by atoms with Crippen LogP contribution in [0, 0.1) is 20.2 Å². The third kappa shape index (κ3) is 5.33. The third-order valence-electron chi connectivity index (χ3n) is 5.03. The van der Waals surface area contributed by atoms with E-state index in [0.29, 0.717) is 10.9 Å². The molecule has 15 heteroatoms. The summed E-state index contributed by atoms with van der Waals surface area (Å²) in [6.07, 6.45) is 0.959. The fourth-order valence-corrected chi connectivity index (χ4v) is 3.51. The van der Waals surface area contributed by atoms with Crippen LogP contribution in [0.1, 0.15) is 20.7 Å². The lowest BCUT2D eigenvalue weighted by molar-refractivity contribution is -0.384. The number of benzene rings is 3. The van der Waals surface area contributed by atoms with Gasteiger partial charge in [0.15, 0.2) is 0 Å². The van der Waals surface area contributed by atoms with Gasteiger partial charge in [-0.2, -0.15) is 0 Å². The Kier molecular flexibility index (Phi) is 7.02. The minimum absolute atomic E-state index is 0.138. The van der Waals surface area contributed by atoms with Gasteiger partial charge >= 0.3 is 5.69 Å². The molecule has 4 rings (SSSR count). The molecule has 0 spiro atoms. The number of rotatable bonds is 8. The molecule has 14 nitrogen and oxygen atoms in total. The van der Waals surface area contributed by atoms with Gasteiger partial charge in [-0.15, -0.1) is 0 Å². The number of halogens is 1. The van der Waals surface area contributed by atoms with Crippen LogP contribution in [0.2, 0.25) is 5.02 Å². The average molecular weight is 523 g/mol. The summed E-state index contributed by atoms with van der Waals surface area (Å²) in [7, 11) is 0. The minimum Gasteiger partial charge on any atom is -0.276 e. The number of aromatic nitrogens is 2. The predicted octanol–water partition coefficient (Wildman–Crippen LogP) is 3.61. The van der Waals surface area contributed by atoms with Crippen LogP contribution in [0.25, 0.3) is 10.8 Å². The van der Waals surface area contributed by atoms with Gasteiger partial charge in [0.2, 0.25) is 11.6 Å². The fraction of sp³-hybridized carbons (Fsp3) is 0. The number of fused-ring (bicyclic) bond motifs is 1. The van der Waals surface area contributed by atoms with E-state index in [4.69, 9.17) is 11.6 Å². The van der Waals surface area contributed by atoms with Gasteiger partial charge in [-0.05, 0) is 29.0 Å². The number of anilines is 2. The van der Waals surface area contributed by atoms with Crippen LogP contribution >= 0.6 is 11.6 Å². The monoisotopic (exact) mass is 522 g/mol. The van der Waals surface area contributed by atoms with Crippen molar-refractivity contribution in [3.05, 3.63) is 103 Å². The topological polar surface area (TPSA) is 194 Å². The second-order valence-corrected chi connectivity index (χ2v) is 7.69. The highest BCUT2D eigenvalue weighted by Gasteiger charge is 2.25. The zero-order chi connectivity index (χ0) is 26.5. The largest absolute Gasteiger partial charge is 0.356 e. The molecule has 37 heavy (non-hydrogen) atoms. The minimum atomic E-state index is -0.855. The van der Waals surface area contributed by atoms with Crippen molar-refractivity contribution in [1.82, 2.24) is 20.8 Å². The molecule has 0 fully saturated rings. The van der Waals surface area contributed by atoms with E-state index in [-0.39, 0.29) is 16.4 Å². The number of amides is 2. The molecule has 186 valence electrons. The third-order valence-corrected chi connectivity index (χ3v) is 5.35. The number of hydrogen-bond acceptors (Lipinski definition) is 10. The van der Waals surface area contributed by atoms with Gasteiger partial charge < -0.3 is 0 Å². The molecule has 0 atom stereocenters. The second-order valence-electron chi connectivity index (χ2n) is 7.28. The molecule has 0 radical (unpaired) electrons. The number of nitro benzene ring substituents is 1. The standard InChI is InChI=1S/C22H15ClN8O6/c23-16-9-8-13(10-17(16)30(34)35)21(32)28-26-19-18(31(36)37)20(25-11-24-19)27-29-22(33)15-7-3-5-12-4-1-2-6-14(12)15/h1-11H,(H,28,32)(H,29,33)(H2,24,25,26,27). The number of nitrogens with zero attached hydrogens (tertiary/aromatic N) is 4. The van der Waals surface area contributed by atoms with E-state index >= 15 is 0 Å². The quantitative estimate of drug-likeness (QED) is 0.196. The summed E-state index contributed by atoms with van der Waals surface area (Å²) < 4.78 is 0.